The number of piperazine rings is 1. The third-order valence-electron chi connectivity index (χ3n) is 4.51. The molecule has 1 aromatic carbocycles. The van der Waals surface area contributed by atoms with Crippen LogP contribution in [0.1, 0.15) is 25.3 Å². The molecule has 20 heavy (non-hydrogen) atoms. The Bertz CT molecular complexity index is 531. The molecule has 0 saturated carbocycles. The first kappa shape index (κ1) is 13.9. The Morgan fingerprint density at radius 3 is 2.90 bits per heavy atom. The summed E-state index contributed by atoms with van der Waals surface area (Å²) in [4.78, 5) is 5.11. The number of anilines is 1. The van der Waals surface area contributed by atoms with Crippen LogP contribution in [0.4, 0.5) is 5.69 Å². The molecule has 2 saturated heterocycles. The van der Waals surface area contributed by atoms with E-state index in [1.165, 1.54) is 25.1 Å². The Morgan fingerprint density at radius 2 is 2.20 bits per heavy atom. The molecule has 2 atom stereocenters. The van der Waals surface area contributed by atoms with Crippen molar-refractivity contribution in [3.63, 3.8) is 0 Å². The molecule has 3 rings (SSSR count). The van der Waals surface area contributed by atoms with Gasteiger partial charge >= 0.3 is 0 Å². The SMILES string of the molecule is CC1CN2CCCC2CN1c1ccc(C(=N)N)cc1Br. The smallest absolute Gasteiger partial charge is 0.122 e. The second kappa shape index (κ2) is 5.37. The van der Waals surface area contributed by atoms with Crippen molar-refractivity contribution in [3.05, 3.63) is 28.2 Å². The van der Waals surface area contributed by atoms with Gasteiger partial charge in [-0.15, -0.1) is 0 Å². The number of halogens is 1. The first-order chi connectivity index (χ1) is 9.56. The Balaban J connectivity index is 1.86. The van der Waals surface area contributed by atoms with Crippen LogP contribution >= 0.6 is 15.9 Å². The lowest BCUT2D eigenvalue weighted by atomic mass is 10.1. The average molecular weight is 337 g/mol. The summed E-state index contributed by atoms with van der Waals surface area (Å²) in [5.74, 6) is 0.117. The summed E-state index contributed by atoms with van der Waals surface area (Å²) in [5, 5.41) is 7.52. The number of nitrogens with two attached hydrogens (primary N) is 1. The van der Waals surface area contributed by atoms with Gasteiger partial charge in [0, 0.05) is 35.2 Å². The van der Waals surface area contributed by atoms with Gasteiger partial charge in [-0.3, -0.25) is 10.3 Å². The van der Waals surface area contributed by atoms with Crippen LogP contribution in [0.25, 0.3) is 0 Å². The molecule has 2 aliphatic heterocycles. The predicted molar refractivity (Wildman–Crippen MR) is 86.6 cm³/mol. The van der Waals surface area contributed by atoms with Gasteiger partial charge in [0.25, 0.3) is 0 Å². The highest BCUT2D eigenvalue weighted by Gasteiger charge is 2.34. The molecule has 2 unspecified atom stereocenters. The standard InChI is InChI=1S/C15H21BrN4/c1-10-8-19-6-2-3-12(19)9-20(10)14-5-4-11(15(17)18)7-13(14)16/h4-5,7,10,12H,2-3,6,8-9H2,1H3,(H3,17,18). The van der Waals surface area contributed by atoms with E-state index in [9.17, 15) is 0 Å². The zero-order chi connectivity index (χ0) is 14.3. The van der Waals surface area contributed by atoms with Crippen LogP contribution in [0.3, 0.4) is 0 Å². The third-order valence-corrected chi connectivity index (χ3v) is 5.14. The van der Waals surface area contributed by atoms with Crippen molar-refractivity contribution in [2.45, 2.75) is 31.8 Å². The molecule has 4 nitrogen and oxygen atoms in total. The monoisotopic (exact) mass is 336 g/mol. The highest BCUT2D eigenvalue weighted by Crippen LogP contribution is 2.33. The van der Waals surface area contributed by atoms with Crippen LogP contribution in [0.2, 0.25) is 0 Å². The Kier molecular flexibility index (Phi) is 3.73. The second-order valence-corrected chi connectivity index (χ2v) is 6.73. The molecule has 0 aromatic heterocycles. The highest BCUT2D eigenvalue weighted by molar-refractivity contribution is 9.10. The maximum Gasteiger partial charge on any atom is 0.122 e. The molecule has 0 bridgehead atoms. The third kappa shape index (κ3) is 2.44. The number of nitrogens with one attached hydrogen (secondary N) is 1. The summed E-state index contributed by atoms with van der Waals surface area (Å²) in [6, 6.07) is 7.19. The van der Waals surface area contributed by atoms with Gasteiger partial charge in [-0.1, -0.05) is 0 Å². The molecular weight excluding hydrogens is 316 g/mol. The lowest BCUT2D eigenvalue weighted by Gasteiger charge is -2.44. The van der Waals surface area contributed by atoms with E-state index in [1.54, 1.807) is 0 Å². The van der Waals surface area contributed by atoms with Gasteiger partial charge in [-0.25, -0.2) is 0 Å². The van der Waals surface area contributed by atoms with Gasteiger partial charge < -0.3 is 10.6 Å². The van der Waals surface area contributed by atoms with E-state index in [4.69, 9.17) is 11.1 Å². The van der Waals surface area contributed by atoms with Crippen LogP contribution in [-0.2, 0) is 0 Å². The Morgan fingerprint density at radius 1 is 1.40 bits per heavy atom. The number of benzene rings is 1. The molecule has 0 aliphatic carbocycles. The van der Waals surface area contributed by atoms with Crippen molar-refractivity contribution in [3.8, 4) is 0 Å². The fourth-order valence-electron chi connectivity index (χ4n) is 3.43. The zero-order valence-corrected chi connectivity index (χ0v) is 13.4. The molecule has 0 spiro atoms. The summed E-state index contributed by atoms with van der Waals surface area (Å²) < 4.78 is 1.03. The van der Waals surface area contributed by atoms with Gasteiger partial charge in [-0.05, 0) is 60.4 Å². The van der Waals surface area contributed by atoms with Crippen LogP contribution in [-0.4, -0.2) is 42.5 Å². The topological polar surface area (TPSA) is 56.4 Å². The molecule has 108 valence electrons. The Labute approximate surface area is 128 Å². The van der Waals surface area contributed by atoms with E-state index in [0.717, 1.165) is 23.1 Å². The van der Waals surface area contributed by atoms with Gasteiger partial charge in [0.15, 0.2) is 0 Å². The average Bonchev–Trinajstić information content (AvgIpc) is 2.84. The van der Waals surface area contributed by atoms with Crippen molar-refractivity contribution >= 4 is 27.5 Å². The van der Waals surface area contributed by atoms with Crippen molar-refractivity contribution in [1.82, 2.24) is 4.90 Å². The minimum Gasteiger partial charge on any atom is -0.384 e. The molecule has 2 fully saturated rings. The summed E-state index contributed by atoms with van der Waals surface area (Å²) in [6.07, 6.45) is 2.64. The fraction of sp³-hybridized carbons (Fsp3) is 0.533. The van der Waals surface area contributed by atoms with Crippen molar-refractivity contribution in [1.29, 1.82) is 5.41 Å². The van der Waals surface area contributed by atoms with E-state index in [0.29, 0.717) is 12.1 Å². The van der Waals surface area contributed by atoms with Crippen LogP contribution < -0.4 is 10.6 Å². The zero-order valence-electron chi connectivity index (χ0n) is 11.8. The van der Waals surface area contributed by atoms with Crippen molar-refractivity contribution in [2.24, 2.45) is 5.73 Å². The molecule has 1 aromatic rings. The van der Waals surface area contributed by atoms with Gasteiger partial charge in [0.1, 0.15) is 5.84 Å². The lowest BCUT2D eigenvalue weighted by Crippen LogP contribution is -2.55. The number of nitrogens with zero attached hydrogens (tertiary/aromatic N) is 2. The first-order valence-corrected chi connectivity index (χ1v) is 8.00. The number of nitrogen functional groups attached to an aromatic ring is 1. The van der Waals surface area contributed by atoms with Crippen molar-refractivity contribution < 1.29 is 0 Å². The number of amidine groups is 1. The lowest BCUT2D eigenvalue weighted by molar-refractivity contribution is 0.203. The number of fused-ring (bicyclic) bond motifs is 1. The highest BCUT2D eigenvalue weighted by atomic mass is 79.9. The quantitative estimate of drug-likeness (QED) is 0.644. The molecule has 3 N–H and O–H groups in total. The van der Waals surface area contributed by atoms with Crippen molar-refractivity contribution in [2.75, 3.05) is 24.5 Å². The molecule has 2 heterocycles. The van der Waals surface area contributed by atoms with Gasteiger partial charge in [0.2, 0.25) is 0 Å². The molecular formula is C15H21BrN4. The summed E-state index contributed by atoms with van der Waals surface area (Å²) in [6.45, 7) is 5.79. The van der Waals surface area contributed by atoms with Gasteiger partial charge in [0.05, 0.1) is 5.69 Å². The van der Waals surface area contributed by atoms with E-state index >= 15 is 0 Å². The number of hydrogen-bond acceptors (Lipinski definition) is 3. The number of hydrogen-bond donors (Lipinski definition) is 2. The number of rotatable bonds is 2. The normalized spacial score (nSPS) is 26.6. The minimum atomic E-state index is 0.117. The first-order valence-electron chi connectivity index (χ1n) is 7.21. The summed E-state index contributed by atoms with van der Waals surface area (Å²) >= 11 is 3.64. The van der Waals surface area contributed by atoms with E-state index < -0.39 is 0 Å². The molecule has 5 heteroatoms. The Hall–Kier alpha value is -1.07. The maximum atomic E-state index is 7.52. The summed E-state index contributed by atoms with van der Waals surface area (Å²) in [5.41, 5.74) is 7.54. The largest absolute Gasteiger partial charge is 0.384 e. The van der Waals surface area contributed by atoms with E-state index in [-0.39, 0.29) is 5.84 Å². The second-order valence-electron chi connectivity index (χ2n) is 5.87. The van der Waals surface area contributed by atoms with Crippen LogP contribution in [0.15, 0.2) is 22.7 Å². The maximum absolute atomic E-state index is 7.52. The van der Waals surface area contributed by atoms with Crippen LogP contribution in [0.5, 0.6) is 0 Å². The predicted octanol–water partition coefficient (Wildman–Crippen LogP) is 2.41. The van der Waals surface area contributed by atoms with Crippen LogP contribution in [0, 0.1) is 5.41 Å². The molecule has 2 aliphatic rings. The van der Waals surface area contributed by atoms with E-state index in [1.807, 2.05) is 12.1 Å². The molecule has 0 amide bonds. The summed E-state index contributed by atoms with van der Waals surface area (Å²) in [7, 11) is 0. The fourth-order valence-corrected chi connectivity index (χ4v) is 4.04. The van der Waals surface area contributed by atoms with E-state index in [2.05, 4.69) is 38.7 Å². The minimum absolute atomic E-state index is 0.117. The molecule has 0 radical (unpaired) electrons. The van der Waals surface area contributed by atoms with Gasteiger partial charge in [-0.2, -0.15) is 0 Å².